The van der Waals surface area contributed by atoms with Crippen LogP contribution in [0, 0.1) is 6.92 Å². The van der Waals surface area contributed by atoms with Gasteiger partial charge in [-0.05, 0) is 70.4 Å². The Morgan fingerprint density at radius 2 is 1.85 bits per heavy atom. The Hall–Kier alpha value is -1.95. The van der Waals surface area contributed by atoms with Crippen LogP contribution in [-0.2, 0) is 4.79 Å². The number of carbonyl (C=O) groups is 2. The van der Waals surface area contributed by atoms with E-state index in [1.165, 1.54) is 0 Å². The Morgan fingerprint density at radius 1 is 1.15 bits per heavy atom. The summed E-state index contributed by atoms with van der Waals surface area (Å²) >= 11 is 0. The first-order chi connectivity index (χ1) is 13.0. The molecule has 2 saturated heterocycles. The second-order valence-corrected chi connectivity index (χ2v) is 8.34. The maximum Gasteiger partial charge on any atom is 0.256 e. The highest BCUT2D eigenvalue weighted by Gasteiger charge is 2.53. The minimum absolute atomic E-state index is 0.0748. The topological polar surface area (TPSA) is 73.7 Å². The number of pyridine rings is 1. The van der Waals surface area contributed by atoms with E-state index in [4.69, 9.17) is 0 Å². The molecule has 3 heterocycles. The van der Waals surface area contributed by atoms with Crippen molar-refractivity contribution >= 4 is 11.8 Å². The smallest absolute Gasteiger partial charge is 0.256 e. The Kier molecular flexibility index (Phi) is 4.93. The van der Waals surface area contributed by atoms with Crippen LogP contribution in [0.5, 0.6) is 0 Å². The van der Waals surface area contributed by atoms with Gasteiger partial charge in [0.2, 0.25) is 5.91 Å². The van der Waals surface area contributed by atoms with E-state index in [9.17, 15) is 14.7 Å². The number of aryl methyl sites for hydroxylation is 1. The molecular formula is C21H29N3O3. The van der Waals surface area contributed by atoms with Crippen molar-refractivity contribution in [2.75, 3.05) is 13.1 Å². The van der Waals surface area contributed by atoms with E-state index in [2.05, 4.69) is 4.98 Å². The summed E-state index contributed by atoms with van der Waals surface area (Å²) in [7, 11) is 0. The molecule has 27 heavy (non-hydrogen) atoms. The first-order valence-electron chi connectivity index (χ1n) is 10.2. The van der Waals surface area contributed by atoms with Gasteiger partial charge in [-0.3, -0.25) is 14.6 Å². The molecule has 3 fully saturated rings. The largest absolute Gasteiger partial charge is 0.393 e. The average Bonchev–Trinajstić information content (AvgIpc) is 3.09. The SMILES string of the molecule is Cc1ccc(C(=O)N2CCCC23CCCN(C2CCC(O)CC2)C3=O)cn1. The molecule has 1 atom stereocenters. The third-order valence-electron chi connectivity index (χ3n) is 6.65. The molecule has 2 aliphatic heterocycles. The van der Waals surface area contributed by atoms with Crippen molar-refractivity contribution in [3.63, 3.8) is 0 Å². The van der Waals surface area contributed by atoms with Crippen LogP contribution < -0.4 is 0 Å². The number of aromatic nitrogens is 1. The number of hydrogen-bond acceptors (Lipinski definition) is 4. The molecule has 6 heteroatoms. The first kappa shape index (κ1) is 18.4. The fourth-order valence-electron chi connectivity index (χ4n) is 5.14. The first-order valence-corrected chi connectivity index (χ1v) is 10.2. The minimum Gasteiger partial charge on any atom is -0.393 e. The molecular weight excluding hydrogens is 342 g/mol. The van der Waals surface area contributed by atoms with Gasteiger partial charge in [0.1, 0.15) is 5.54 Å². The van der Waals surface area contributed by atoms with Gasteiger partial charge in [-0.2, -0.15) is 0 Å². The summed E-state index contributed by atoms with van der Waals surface area (Å²) in [5.41, 5.74) is 0.755. The number of aliphatic hydroxyl groups is 1. The van der Waals surface area contributed by atoms with Crippen molar-refractivity contribution in [1.82, 2.24) is 14.8 Å². The number of rotatable bonds is 2. The van der Waals surface area contributed by atoms with E-state index in [1.54, 1.807) is 6.20 Å². The van der Waals surface area contributed by atoms with Crippen LogP contribution in [0.25, 0.3) is 0 Å². The molecule has 1 aromatic heterocycles. The van der Waals surface area contributed by atoms with Gasteiger partial charge in [-0.15, -0.1) is 0 Å². The standard InChI is InChI=1S/C21H29N3O3/c1-15-4-5-16(14-22-15)19(26)24-13-3-11-21(24)10-2-12-23(20(21)27)17-6-8-18(25)9-7-17/h4-5,14,17-18,25H,2-3,6-13H2,1H3. The zero-order chi connectivity index (χ0) is 19.0. The lowest BCUT2D eigenvalue weighted by Crippen LogP contribution is -2.63. The average molecular weight is 371 g/mol. The summed E-state index contributed by atoms with van der Waals surface area (Å²) in [6.45, 7) is 3.31. The number of nitrogens with zero attached hydrogens (tertiary/aromatic N) is 3. The Morgan fingerprint density at radius 3 is 2.52 bits per heavy atom. The van der Waals surface area contributed by atoms with Gasteiger partial charge in [0.15, 0.2) is 0 Å². The highest BCUT2D eigenvalue weighted by Crippen LogP contribution is 2.41. The summed E-state index contributed by atoms with van der Waals surface area (Å²) in [5, 5.41) is 9.79. The maximum atomic E-state index is 13.6. The molecule has 1 unspecified atom stereocenters. The molecule has 1 aliphatic carbocycles. The summed E-state index contributed by atoms with van der Waals surface area (Å²) < 4.78 is 0. The van der Waals surface area contributed by atoms with E-state index in [0.29, 0.717) is 12.1 Å². The van der Waals surface area contributed by atoms with E-state index in [1.807, 2.05) is 28.9 Å². The molecule has 1 saturated carbocycles. The normalized spacial score (nSPS) is 31.6. The molecule has 6 nitrogen and oxygen atoms in total. The number of amides is 2. The fraction of sp³-hybridized carbons (Fsp3) is 0.667. The third kappa shape index (κ3) is 3.24. The molecule has 1 spiro atoms. The molecule has 0 radical (unpaired) electrons. The van der Waals surface area contributed by atoms with E-state index < -0.39 is 5.54 Å². The highest BCUT2D eigenvalue weighted by molar-refractivity contribution is 6.00. The lowest BCUT2D eigenvalue weighted by molar-refractivity contribution is -0.149. The molecule has 0 bridgehead atoms. The number of piperidine rings is 1. The van der Waals surface area contributed by atoms with Crippen molar-refractivity contribution in [3.8, 4) is 0 Å². The number of carbonyl (C=O) groups excluding carboxylic acids is 2. The van der Waals surface area contributed by atoms with Crippen LogP contribution in [-0.4, -0.2) is 62.5 Å². The number of aliphatic hydroxyl groups excluding tert-OH is 1. The Bertz CT molecular complexity index is 712. The molecule has 1 aromatic rings. The van der Waals surface area contributed by atoms with E-state index >= 15 is 0 Å². The predicted molar refractivity (Wildman–Crippen MR) is 101 cm³/mol. The van der Waals surface area contributed by atoms with Crippen molar-refractivity contribution in [3.05, 3.63) is 29.6 Å². The zero-order valence-corrected chi connectivity index (χ0v) is 16.1. The van der Waals surface area contributed by atoms with Gasteiger partial charge in [-0.25, -0.2) is 0 Å². The minimum atomic E-state index is -0.684. The molecule has 3 aliphatic rings. The van der Waals surface area contributed by atoms with Crippen molar-refractivity contribution in [2.45, 2.75) is 76.0 Å². The van der Waals surface area contributed by atoms with Crippen LogP contribution in [0.4, 0.5) is 0 Å². The summed E-state index contributed by atoms with van der Waals surface area (Å²) in [4.78, 5) is 34.9. The summed E-state index contributed by atoms with van der Waals surface area (Å²) in [6.07, 6.45) is 7.95. The van der Waals surface area contributed by atoms with Gasteiger partial charge in [0.25, 0.3) is 5.91 Å². The summed E-state index contributed by atoms with van der Waals surface area (Å²) in [5.74, 6) is 0.0512. The van der Waals surface area contributed by atoms with E-state index in [-0.39, 0.29) is 24.0 Å². The fourth-order valence-corrected chi connectivity index (χ4v) is 5.14. The molecule has 0 aromatic carbocycles. The van der Waals surface area contributed by atoms with Gasteiger partial charge >= 0.3 is 0 Å². The number of likely N-dealkylation sites (tertiary alicyclic amines) is 2. The molecule has 4 rings (SSSR count). The van der Waals surface area contributed by atoms with Gasteiger partial charge in [0, 0.05) is 31.0 Å². The third-order valence-corrected chi connectivity index (χ3v) is 6.65. The quantitative estimate of drug-likeness (QED) is 0.866. The Balaban J connectivity index is 1.57. The molecule has 146 valence electrons. The second kappa shape index (κ2) is 7.23. The Labute approximate surface area is 160 Å². The van der Waals surface area contributed by atoms with Crippen LogP contribution in [0.3, 0.4) is 0 Å². The second-order valence-electron chi connectivity index (χ2n) is 8.34. The van der Waals surface area contributed by atoms with Gasteiger partial charge in [0.05, 0.1) is 11.7 Å². The van der Waals surface area contributed by atoms with Crippen molar-refractivity contribution in [2.24, 2.45) is 0 Å². The van der Waals surface area contributed by atoms with Crippen LogP contribution in [0.15, 0.2) is 18.3 Å². The highest BCUT2D eigenvalue weighted by atomic mass is 16.3. The maximum absolute atomic E-state index is 13.6. The van der Waals surface area contributed by atoms with Crippen LogP contribution in [0.1, 0.15) is 67.4 Å². The van der Waals surface area contributed by atoms with Crippen molar-refractivity contribution < 1.29 is 14.7 Å². The lowest BCUT2D eigenvalue weighted by atomic mass is 9.82. The monoisotopic (exact) mass is 371 g/mol. The van der Waals surface area contributed by atoms with Crippen molar-refractivity contribution in [1.29, 1.82) is 0 Å². The van der Waals surface area contributed by atoms with Crippen LogP contribution >= 0.6 is 0 Å². The zero-order valence-electron chi connectivity index (χ0n) is 16.1. The predicted octanol–water partition coefficient (Wildman–Crippen LogP) is 2.29. The van der Waals surface area contributed by atoms with E-state index in [0.717, 1.165) is 63.6 Å². The van der Waals surface area contributed by atoms with Gasteiger partial charge in [-0.1, -0.05) is 0 Å². The van der Waals surface area contributed by atoms with Crippen LogP contribution in [0.2, 0.25) is 0 Å². The summed E-state index contributed by atoms with van der Waals surface area (Å²) in [6, 6.07) is 3.86. The molecule has 1 N–H and O–H groups in total. The molecule has 2 amide bonds. The van der Waals surface area contributed by atoms with Gasteiger partial charge < -0.3 is 14.9 Å². The number of hydrogen-bond donors (Lipinski definition) is 1. The lowest BCUT2D eigenvalue weighted by Gasteiger charge is -2.48.